The minimum Gasteiger partial charge on any atom is -0.465 e. The number of sulfonamides is 1. The molecule has 2 rings (SSSR count). The van der Waals surface area contributed by atoms with Crippen molar-refractivity contribution in [2.45, 2.75) is 4.90 Å². The Morgan fingerprint density at radius 3 is 2.32 bits per heavy atom. The Bertz CT molecular complexity index is 804. The molecule has 0 radical (unpaired) electrons. The number of nitrogens with one attached hydrogen (secondary N) is 1. The molecule has 2 aromatic rings. The van der Waals surface area contributed by atoms with Crippen LogP contribution < -0.4 is 4.72 Å². The van der Waals surface area contributed by atoms with Crippen molar-refractivity contribution < 1.29 is 17.9 Å². The van der Waals surface area contributed by atoms with Gasteiger partial charge in [0.15, 0.2) is 0 Å². The van der Waals surface area contributed by atoms with Crippen molar-refractivity contribution in [1.29, 1.82) is 0 Å². The van der Waals surface area contributed by atoms with Gasteiger partial charge in [-0.3, -0.25) is 4.72 Å². The molecule has 2 aromatic carbocycles. The van der Waals surface area contributed by atoms with Crippen LogP contribution in [0.1, 0.15) is 10.4 Å². The summed E-state index contributed by atoms with van der Waals surface area (Å²) in [5.74, 6) is -0.507. The van der Waals surface area contributed by atoms with E-state index in [0.717, 1.165) is 0 Å². The fourth-order valence-electron chi connectivity index (χ4n) is 1.69. The summed E-state index contributed by atoms with van der Waals surface area (Å²) < 4.78 is 31.5. The standard InChI is InChI=1S/C14H11Cl2NO4S/c1-21-14(18)9-2-5-11(6-3-9)17-22(19,20)13-8-10(15)4-7-12(13)16/h2-8,17H,1H3. The van der Waals surface area contributed by atoms with Crippen LogP contribution in [0.5, 0.6) is 0 Å². The summed E-state index contributed by atoms with van der Waals surface area (Å²) >= 11 is 11.7. The normalized spacial score (nSPS) is 11.0. The van der Waals surface area contributed by atoms with Gasteiger partial charge in [-0.15, -0.1) is 0 Å². The summed E-state index contributed by atoms with van der Waals surface area (Å²) in [6.07, 6.45) is 0. The van der Waals surface area contributed by atoms with Gasteiger partial charge in [0.25, 0.3) is 10.0 Å². The Morgan fingerprint density at radius 1 is 1.09 bits per heavy atom. The molecule has 22 heavy (non-hydrogen) atoms. The Labute approximate surface area is 137 Å². The Hall–Kier alpha value is -1.76. The SMILES string of the molecule is COC(=O)c1ccc(NS(=O)(=O)c2cc(Cl)ccc2Cl)cc1. The Morgan fingerprint density at radius 2 is 1.73 bits per heavy atom. The second-order valence-electron chi connectivity index (χ2n) is 4.25. The molecule has 116 valence electrons. The number of halogens is 2. The average molecular weight is 360 g/mol. The molecule has 8 heteroatoms. The third kappa shape index (κ3) is 3.71. The van der Waals surface area contributed by atoms with E-state index in [2.05, 4.69) is 9.46 Å². The molecule has 5 nitrogen and oxygen atoms in total. The van der Waals surface area contributed by atoms with Crippen molar-refractivity contribution >= 4 is 44.9 Å². The summed E-state index contributed by atoms with van der Waals surface area (Å²) in [5, 5.41) is 0.314. The lowest BCUT2D eigenvalue weighted by Crippen LogP contribution is -2.13. The van der Waals surface area contributed by atoms with Crippen LogP contribution in [-0.2, 0) is 14.8 Å². The molecule has 0 unspecified atom stereocenters. The van der Waals surface area contributed by atoms with Gasteiger partial charge >= 0.3 is 5.97 Å². The van der Waals surface area contributed by atoms with E-state index in [9.17, 15) is 13.2 Å². The van der Waals surface area contributed by atoms with Gasteiger partial charge in [-0.1, -0.05) is 23.2 Å². The first-order chi connectivity index (χ1) is 10.3. The predicted octanol–water partition coefficient (Wildman–Crippen LogP) is 3.58. The molecule has 0 fully saturated rings. The van der Waals surface area contributed by atoms with E-state index in [1.807, 2.05) is 0 Å². The van der Waals surface area contributed by atoms with Gasteiger partial charge < -0.3 is 4.74 Å². The Balaban J connectivity index is 2.29. The van der Waals surface area contributed by atoms with E-state index in [1.54, 1.807) is 0 Å². The van der Waals surface area contributed by atoms with Gasteiger partial charge in [0.2, 0.25) is 0 Å². The number of anilines is 1. The van der Waals surface area contributed by atoms with Crippen molar-refractivity contribution in [3.8, 4) is 0 Å². The van der Waals surface area contributed by atoms with Gasteiger partial charge in [-0.2, -0.15) is 0 Å². The molecule has 0 amide bonds. The molecule has 0 aliphatic rings. The van der Waals surface area contributed by atoms with Crippen LogP contribution in [0.2, 0.25) is 10.0 Å². The number of hydrogen-bond acceptors (Lipinski definition) is 4. The maximum absolute atomic E-state index is 12.3. The second kappa shape index (κ2) is 6.56. The summed E-state index contributed by atoms with van der Waals surface area (Å²) in [6, 6.07) is 9.94. The highest BCUT2D eigenvalue weighted by molar-refractivity contribution is 7.92. The third-order valence-electron chi connectivity index (χ3n) is 2.74. The third-order valence-corrected chi connectivity index (χ3v) is 4.84. The number of benzene rings is 2. The number of esters is 1. The van der Waals surface area contributed by atoms with E-state index in [4.69, 9.17) is 23.2 Å². The zero-order chi connectivity index (χ0) is 16.3. The maximum Gasteiger partial charge on any atom is 0.337 e. The van der Waals surface area contributed by atoms with Crippen LogP contribution in [0.4, 0.5) is 5.69 Å². The molecule has 0 saturated carbocycles. The molecular formula is C14H11Cl2NO4S. The molecule has 0 aromatic heterocycles. The number of carbonyl (C=O) groups is 1. The minimum atomic E-state index is -3.89. The van der Waals surface area contributed by atoms with Crippen molar-refractivity contribution in [2.75, 3.05) is 11.8 Å². The summed E-state index contributed by atoms with van der Waals surface area (Å²) in [7, 11) is -2.62. The molecule has 0 aliphatic carbocycles. The first-order valence-corrected chi connectivity index (χ1v) is 8.23. The van der Waals surface area contributed by atoms with Crippen molar-refractivity contribution in [2.24, 2.45) is 0 Å². The molecule has 0 saturated heterocycles. The number of ether oxygens (including phenoxy) is 1. The van der Waals surface area contributed by atoms with Gasteiger partial charge in [0.1, 0.15) is 4.90 Å². The first-order valence-electron chi connectivity index (χ1n) is 6.00. The molecule has 0 spiro atoms. The first kappa shape index (κ1) is 16.6. The zero-order valence-corrected chi connectivity index (χ0v) is 13.7. The topological polar surface area (TPSA) is 72.5 Å². The van der Waals surface area contributed by atoms with Gasteiger partial charge in [0.05, 0.1) is 17.7 Å². The lowest BCUT2D eigenvalue weighted by Gasteiger charge is -2.10. The molecular weight excluding hydrogens is 349 g/mol. The molecule has 0 bridgehead atoms. The summed E-state index contributed by atoms with van der Waals surface area (Å²) in [6.45, 7) is 0. The van der Waals surface area contributed by atoms with Crippen molar-refractivity contribution in [3.05, 3.63) is 58.1 Å². The monoisotopic (exact) mass is 359 g/mol. The summed E-state index contributed by atoms with van der Waals surface area (Å²) in [4.78, 5) is 11.2. The Kier molecular flexibility index (Phi) is 4.95. The fraction of sp³-hybridized carbons (Fsp3) is 0.0714. The molecule has 0 atom stereocenters. The molecule has 1 N–H and O–H groups in total. The maximum atomic E-state index is 12.3. The zero-order valence-electron chi connectivity index (χ0n) is 11.3. The van der Waals surface area contributed by atoms with Crippen molar-refractivity contribution in [3.63, 3.8) is 0 Å². The lowest BCUT2D eigenvalue weighted by atomic mass is 10.2. The van der Waals surface area contributed by atoms with Crippen LogP contribution in [0.15, 0.2) is 47.4 Å². The summed E-state index contributed by atoms with van der Waals surface area (Å²) in [5.41, 5.74) is 0.593. The van der Waals surface area contributed by atoms with Gasteiger partial charge in [-0.25, -0.2) is 13.2 Å². The highest BCUT2D eigenvalue weighted by atomic mass is 35.5. The number of rotatable bonds is 4. The van der Waals surface area contributed by atoms with Crippen LogP contribution in [0, 0.1) is 0 Å². The molecule has 0 aliphatic heterocycles. The largest absolute Gasteiger partial charge is 0.465 e. The van der Waals surface area contributed by atoms with Crippen LogP contribution in [0.25, 0.3) is 0 Å². The smallest absolute Gasteiger partial charge is 0.337 e. The van der Waals surface area contributed by atoms with E-state index in [0.29, 0.717) is 5.56 Å². The molecule has 0 heterocycles. The van der Waals surface area contributed by atoms with Crippen LogP contribution in [0.3, 0.4) is 0 Å². The lowest BCUT2D eigenvalue weighted by molar-refractivity contribution is 0.0601. The number of methoxy groups -OCH3 is 1. The van der Waals surface area contributed by atoms with E-state index in [-0.39, 0.29) is 20.6 Å². The fourth-order valence-corrected chi connectivity index (χ4v) is 3.51. The van der Waals surface area contributed by atoms with Crippen LogP contribution in [-0.4, -0.2) is 21.5 Å². The van der Waals surface area contributed by atoms with E-state index < -0.39 is 16.0 Å². The average Bonchev–Trinajstić information content (AvgIpc) is 2.49. The van der Waals surface area contributed by atoms with Crippen molar-refractivity contribution in [1.82, 2.24) is 0 Å². The van der Waals surface area contributed by atoms with Crippen LogP contribution >= 0.6 is 23.2 Å². The number of hydrogen-bond donors (Lipinski definition) is 1. The second-order valence-corrected chi connectivity index (χ2v) is 6.74. The van der Waals surface area contributed by atoms with E-state index >= 15 is 0 Å². The highest BCUT2D eigenvalue weighted by Crippen LogP contribution is 2.26. The predicted molar refractivity (Wildman–Crippen MR) is 85.1 cm³/mol. The highest BCUT2D eigenvalue weighted by Gasteiger charge is 2.18. The quantitative estimate of drug-likeness (QED) is 0.846. The minimum absolute atomic E-state index is 0.0584. The van der Waals surface area contributed by atoms with E-state index in [1.165, 1.54) is 49.6 Å². The number of carbonyl (C=O) groups excluding carboxylic acids is 1. The van der Waals surface area contributed by atoms with Gasteiger partial charge in [0, 0.05) is 10.7 Å². The van der Waals surface area contributed by atoms with Gasteiger partial charge in [-0.05, 0) is 42.5 Å².